The topological polar surface area (TPSA) is 102 Å². The number of carbonyl (C=O) groups is 4. The number of methoxy groups -OCH3 is 1. The van der Waals surface area contributed by atoms with Crippen molar-refractivity contribution in [3.63, 3.8) is 0 Å². The van der Waals surface area contributed by atoms with Crippen LogP contribution in [0.25, 0.3) is 6.08 Å². The van der Waals surface area contributed by atoms with Crippen LogP contribution in [0.5, 0.6) is 11.5 Å². The minimum Gasteiger partial charge on any atom is -0.493 e. The molecule has 182 valence electrons. The maximum absolute atomic E-state index is 13.4. The number of benzene rings is 3. The van der Waals surface area contributed by atoms with Crippen molar-refractivity contribution in [1.82, 2.24) is 4.90 Å². The van der Waals surface area contributed by atoms with Gasteiger partial charge in [0.25, 0.3) is 11.1 Å². The van der Waals surface area contributed by atoms with Crippen molar-refractivity contribution in [2.45, 2.75) is 0 Å². The second-order valence-corrected chi connectivity index (χ2v) is 8.49. The van der Waals surface area contributed by atoms with E-state index in [-0.39, 0.29) is 22.0 Å². The van der Waals surface area contributed by atoms with E-state index in [0.29, 0.717) is 23.0 Å². The van der Waals surface area contributed by atoms with Gasteiger partial charge in [0.2, 0.25) is 5.91 Å². The van der Waals surface area contributed by atoms with Gasteiger partial charge in [-0.15, -0.1) is 0 Å². The number of imide groups is 1. The summed E-state index contributed by atoms with van der Waals surface area (Å²) in [5.74, 6) is -2.16. The van der Waals surface area contributed by atoms with Crippen molar-refractivity contribution in [3.8, 4) is 11.5 Å². The molecule has 0 aliphatic carbocycles. The zero-order valence-corrected chi connectivity index (χ0v) is 19.7. The fraction of sp³-hybridized carbons (Fsp3) is 0.0769. The van der Waals surface area contributed by atoms with Gasteiger partial charge in [0.15, 0.2) is 11.5 Å². The van der Waals surface area contributed by atoms with E-state index in [4.69, 9.17) is 9.47 Å². The van der Waals surface area contributed by atoms with Gasteiger partial charge in [-0.25, -0.2) is 9.18 Å². The second-order valence-electron chi connectivity index (χ2n) is 7.49. The van der Waals surface area contributed by atoms with Crippen LogP contribution in [0.3, 0.4) is 0 Å². The minimum absolute atomic E-state index is 0.0334. The normalized spacial score (nSPS) is 14.2. The second kappa shape index (κ2) is 10.9. The van der Waals surface area contributed by atoms with Gasteiger partial charge < -0.3 is 14.8 Å². The molecule has 0 spiro atoms. The number of esters is 1. The number of carbonyl (C=O) groups excluding carboxylic acids is 4. The zero-order chi connectivity index (χ0) is 25.7. The lowest BCUT2D eigenvalue weighted by Crippen LogP contribution is -2.36. The highest BCUT2D eigenvalue weighted by molar-refractivity contribution is 8.18. The summed E-state index contributed by atoms with van der Waals surface area (Å²) in [6.45, 7) is -0.421. The Morgan fingerprint density at radius 1 is 1.00 bits per heavy atom. The van der Waals surface area contributed by atoms with Gasteiger partial charge in [0, 0.05) is 5.69 Å². The average molecular weight is 507 g/mol. The summed E-state index contributed by atoms with van der Waals surface area (Å²) in [4.78, 5) is 50.7. The lowest BCUT2D eigenvalue weighted by molar-refractivity contribution is -0.127. The van der Waals surface area contributed by atoms with Crippen molar-refractivity contribution in [1.29, 1.82) is 0 Å². The van der Waals surface area contributed by atoms with Crippen LogP contribution in [-0.2, 0) is 9.59 Å². The molecule has 0 aromatic heterocycles. The molecular formula is C26H19FN2O6S. The number of anilines is 1. The van der Waals surface area contributed by atoms with Crippen LogP contribution in [0.1, 0.15) is 15.9 Å². The van der Waals surface area contributed by atoms with Crippen LogP contribution < -0.4 is 14.8 Å². The molecule has 0 radical (unpaired) electrons. The van der Waals surface area contributed by atoms with Gasteiger partial charge in [-0.05, 0) is 65.9 Å². The number of para-hydroxylation sites is 1. The predicted molar refractivity (Wildman–Crippen MR) is 132 cm³/mol. The molecule has 8 nitrogen and oxygen atoms in total. The van der Waals surface area contributed by atoms with E-state index < -0.39 is 35.4 Å². The summed E-state index contributed by atoms with van der Waals surface area (Å²) in [6.07, 6.45) is 1.47. The number of rotatable bonds is 7. The first kappa shape index (κ1) is 24.7. The molecule has 3 aromatic rings. The molecule has 1 saturated heterocycles. The molecule has 1 N–H and O–H groups in total. The first-order chi connectivity index (χ1) is 17.3. The van der Waals surface area contributed by atoms with Gasteiger partial charge in [0.05, 0.1) is 17.6 Å². The van der Waals surface area contributed by atoms with Crippen molar-refractivity contribution in [2.75, 3.05) is 19.0 Å². The van der Waals surface area contributed by atoms with Crippen molar-refractivity contribution >= 4 is 46.5 Å². The Labute approximate surface area is 209 Å². The number of ether oxygens (including phenoxy) is 2. The summed E-state index contributed by atoms with van der Waals surface area (Å²) in [5, 5.41) is 2.07. The van der Waals surface area contributed by atoms with Gasteiger partial charge >= 0.3 is 5.97 Å². The monoisotopic (exact) mass is 506 g/mol. The van der Waals surface area contributed by atoms with Crippen LogP contribution in [0.2, 0.25) is 0 Å². The number of thioether (sulfide) groups is 1. The van der Waals surface area contributed by atoms with E-state index in [2.05, 4.69) is 5.32 Å². The molecule has 0 saturated carbocycles. The molecule has 36 heavy (non-hydrogen) atoms. The van der Waals surface area contributed by atoms with E-state index in [1.54, 1.807) is 36.4 Å². The number of nitrogens with zero attached hydrogens (tertiary/aromatic N) is 1. The van der Waals surface area contributed by atoms with E-state index >= 15 is 0 Å². The number of amides is 3. The van der Waals surface area contributed by atoms with E-state index in [9.17, 15) is 23.6 Å². The standard InChI is InChI=1S/C26H19FN2O6S/c1-34-21-12-16(10-11-20(21)35-25(32)17-6-5-7-18(27)14-17)13-22-24(31)29(26(33)36-22)15-23(30)28-19-8-3-2-4-9-19/h2-14H,15H2,1H3,(H,28,30)/b22-13-. The third-order valence-corrected chi connectivity index (χ3v) is 5.89. The van der Waals surface area contributed by atoms with Crippen LogP contribution in [-0.4, -0.2) is 41.6 Å². The summed E-state index contributed by atoms with van der Waals surface area (Å²) in [6, 6.07) is 18.3. The fourth-order valence-electron chi connectivity index (χ4n) is 3.29. The molecule has 1 heterocycles. The summed E-state index contributed by atoms with van der Waals surface area (Å²) in [5.41, 5.74) is 1.08. The third-order valence-electron chi connectivity index (χ3n) is 4.98. The molecule has 1 aliphatic rings. The van der Waals surface area contributed by atoms with E-state index in [1.165, 1.54) is 43.5 Å². The van der Waals surface area contributed by atoms with Gasteiger partial charge in [-0.3, -0.25) is 19.3 Å². The molecule has 3 aromatic carbocycles. The molecule has 1 fully saturated rings. The number of hydrogen-bond donors (Lipinski definition) is 1. The molecule has 0 atom stereocenters. The maximum Gasteiger partial charge on any atom is 0.343 e. The Morgan fingerprint density at radius 2 is 1.78 bits per heavy atom. The summed E-state index contributed by atoms with van der Waals surface area (Å²) in [7, 11) is 1.37. The third kappa shape index (κ3) is 5.78. The molecule has 3 amide bonds. The highest BCUT2D eigenvalue weighted by Crippen LogP contribution is 2.34. The first-order valence-electron chi connectivity index (χ1n) is 10.6. The Kier molecular flexibility index (Phi) is 7.45. The first-order valence-corrected chi connectivity index (χ1v) is 11.4. The predicted octanol–water partition coefficient (Wildman–Crippen LogP) is 4.73. The highest BCUT2D eigenvalue weighted by Gasteiger charge is 2.36. The molecule has 0 unspecified atom stereocenters. The van der Waals surface area contributed by atoms with Crippen molar-refractivity contribution in [2.24, 2.45) is 0 Å². The highest BCUT2D eigenvalue weighted by atomic mass is 32.2. The Balaban J connectivity index is 1.46. The molecule has 10 heteroatoms. The average Bonchev–Trinajstić information content (AvgIpc) is 3.12. The molecule has 4 rings (SSSR count). The summed E-state index contributed by atoms with van der Waals surface area (Å²) < 4.78 is 24.0. The number of nitrogens with one attached hydrogen (secondary N) is 1. The van der Waals surface area contributed by atoms with Crippen LogP contribution >= 0.6 is 11.8 Å². The van der Waals surface area contributed by atoms with E-state index in [1.807, 2.05) is 0 Å². The largest absolute Gasteiger partial charge is 0.493 e. The quantitative estimate of drug-likeness (QED) is 0.281. The lowest BCUT2D eigenvalue weighted by atomic mass is 10.1. The zero-order valence-electron chi connectivity index (χ0n) is 18.9. The maximum atomic E-state index is 13.4. The summed E-state index contributed by atoms with van der Waals surface area (Å²) >= 11 is 0.709. The SMILES string of the molecule is COc1cc(/C=C2\SC(=O)N(CC(=O)Nc3ccccc3)C2=O)ccc1OC(=O)c1cccc(F)c1. The Bertz CT molecular complexity index is 1380. The van der Waals surface area contributed by atoms with Crippen LogP contribution in [0.4, 0.5) is 14.9 Å². The Morgan fingerprint density at radius 3 is 2.50 bits per heavy atom. The van der Waals surface area contributed by atoms with Gasteiger partial charge in [0.1, 0.15) is 12.4 Å². The smallest absolute Gasteiger partial charge is 0.343 e. The van der Waals surface area contributed by atoms with E-state index in [0.717, 1.165) is 11.0 Å². The lowest BCUT2D eigenvalue weighted by Gasteiger charge is -2.12. The number of halogens is 1. The van der Waals surface area contributed by atoms with Crippen LogP contribution in [0, 0.1) is 5.82 Å². The fourth-order valence-corrected chi connectivity index (χ4v) is 4.12. The minimum atomic E-state index is -0.768. The van der Waals surface area contributed by atoms with Crippen molar-refractivity contribution < 1.29 is 33.0 Å². The van der Waals surface area contributed by atoms with Gasteiger partial charge in [-0.1, -0.05) is 30.3 Å². The molecule has 1 aliphatic heterocycles. The van der Waals surface area contributed by atoms with Crippen LogP contribution in [0.15, 0.2) is 77.7 Å². The Hall–Kier alpha value is -4.44. The molecular weight excluding hydrogens is 487 g/mol. The number of hydrogen-bond acceptors (Lipinski definition) is 7. The van der Waals surface area contributed by atoms with Gasteiger partial charge in [-0.2, -0.15) is 0 Å². The molecule has 0 bridgehead atoms. The van der Waals surface area contributed by atoms with Crippen molar-refractivity contribution in [3.05, 3.63) is 94.6 Å².